The maximum atomic E-state index is 4.15. The number of benzene rings is 1. The first-order valence-corrected chi connectivity index (χ1v) is 6.52. The fourth-order valence-corrected chi connectivity index (χ4v) is 2.14. The SMILES string of the molecule is CCNC(C)Cc1ccc(-c2cccnc2)cc1. The van der Waals surface area contributed by atoms with E-state index in [0.29, 0.717) is 6.04 Å². The van der Waals surface area contributed by atoms with E-state index in [2.05, 4.69) is 54.5 Å². The van der Waals surface area contributed by atoms with E-state index in [0.717, 1.165) is 13.0 Å². The van der Waals surface area contributed by atoms with Gasteiger partial charge in [0.15, 0.2) is 0 Å². The van der Waals surface area contributed by atoms with Crippen molar-refractivity contribution in [2.45, 2.75) is 26.3 Å². The Balaban J connectivity index is 2.06. The maximum absolute atomic E-state index is 4.15. The fourth-order valence-electron chi connectivity index (χ4n) is 2.14. The second-order valence-electron chi connectivity index (χ2n) is 4.60. The number of aromatic nitrogens is 1. The number of hydrogen-bond acceptors (Lipinski definition) is 2. The van der Waals surface area contributed by atoms with Crippen molar-refractivity contribution in [3.8, 4) is 11.1 Å². The third-order valence-electron chi connectivity index (χ3n) is 3.04. The van der Waals surface area contributed by atoms with Gasteiger partial charge < -0.3 is 5.32 Å². The smallest absolute Gasteiger partial charge is 0.0346 e. The van der Waals surface area contributed by atoms with Gasteiger partial charge in [0.2, 0.25) is 0 Å². The Kier molecular flexibility index (Phi) is 4.48. The summed E-state index contributed by atoms with van der Waals surface area (Å²) in [5, 5.41) is 3.43. The van der Waals surface area contributed by atoms with Crippen molar-refractivity contribution < 1.29 is 0 Å². The predicted octanol–water partition coefficient (Wildman–Crippen LogP) is 3.29. The highest BCUT2D eigenvalue weighted by Gasteiger charge is 2.02. The average molecular weight is 240 g/mol. The minimum atomic E-state index is 0.527. The molecular formula is C16H20N2. The van der Waals surface area contributed by atoms with Gasteiger partial charge in [0, 0.05) is 18.4 Å². The summed E-state index contributed by atoms with van der Waals surface area (Å²) in [7, 11) is 0. The first-order chi connectivity index (χ1) is 8.79. The van der Waals surface area contributed by atoms with Crippen molar-refractivity contribution in [1.82, 2.24) is 10.3 Å². The Labute approximate surface area is 109 Å². The van der Waals surface area contributed by atoms with Crippen LogP contribution >= 0.6 is 0 Å². The van der Waals surface area contributed by atoms with Crippen LogP contribution in [-0.4, -0.2) is 17.6 Å². The molecule has 1 aromatic heterocycles. The van der Waals surface area contributed by atoms with Crippen LogP contribution < -0.4 is 5.32 Å². The second-order valence-corrected chi connectivity index (χ2v) is 4.60. The van der Waals surface area contributed by atoms with Gasteiger partial charge in [-0.1, -0.05) is 37.3 Å². The highest BCUT2D eigenvalue weighted by atomic mass is 14.9. The van der Waals surface area contributed by atoms with E-state index in [1.807, 2.05) is 12.3 Å². The van der Waals surface area contributed by atoms with Gasteiger partial charge >= 0.3 is 0 Å². The van der Waals surface area contributed by atoms with E-state index in [-0.39, 0.29) is 0 Å². The molecule has 0 amide bonds. The van der Waals surface area contributed by atoms with Crippen LogP contribution in [-0.2, 0) is 6.42 Å². The highest BCUT2D eigenvalue weighted by molar-refractivity contribution is 5.62. The number of hydrogen-bond donors (Lipinski definition) is 1. The Morgan fingerprint density at radius 3 is 2.50 bits per heavy atom. The molecule has 2 heteroatoms. The molecule has 0 saturated carbocycles. The molecule has 0 spiro atoms. The zero-order valence-corrected chi connectivity index (χ0v) is 11.1. The Bertz CT molecular complexity index is 462. The Hall–Kier alpha value is -1.67. The fraction of sp³-hybridized carbons (Fsp3) is 0.312. The van der Waals surface area contributed by atoms with Crippen LogP contribution in [0.1, 0.15) is 19.4 Å². The van der Waals surface area contributed by atoms with Crippen molar-refractivity contribution in [1.29, 1.82) is 0 Å². The lowest BCUT2D eigenvalue weighted by atomic mass is 10.0. The number of rotatable bonds is 5. The van der Waals surface area contributed by atoms with E-state index >= 15 is 0 Å². The molecule has 2 rings (SSSR count). The summed E-state index contributed by atoms with van der Waals surface area (Å²) in [4.78, 5) is 4.15. The molecule has 0 aliphatic heterocycles. The molecular weight excluding hydrogens is 220 g/mol. The molecule has 94 valence electrons. The Morgan fingerprint density at radius 2 is 1.89 bits per heavy atom. The van der Waals surface area contributed by atoms with Gasteiger partial charge in [-0.25, -0.2) is 0 Å². The highest BCUT2D eigenvalue weighted by Crippen LogP contribution is 2.18. The molecule has 0 aliphatic carbocycles. The zero-order valence-electron chi connectivity index (χ0n) is 11.1. The van der Waals surface area contributed by atoms with E-state index in [1.54, 1.807) is 6.20 Å². The van der Waals surface area contributed by atoms with Gasteiger partial charge in [-0.05, 0) is 42.6 Å². The maximum Gasteiger partial charge on any atom is 0.0346 e. The zero-order chi connectivity index (χ0) is 12.8. The summed E-state index contributed by atoms with van der Waals surface area (Å²) in [6, 6.07) is 13.3. The minimum absolute atomic E-state index is 0.527. The lowest BCUT2D eigenvalue weighted by Crippen LogP contribution is -2.27. The summed E-state index contributed by atoms with van der Waals surface area (Å²) in [6.07, 6.45) is 4.77. The third-order valence-corrected chi connectivity index (χ3v) is 3.04. The molecule has 1 N–H and O–H groups in total. The molecule has 0 saturated heterocycles. The first-order valence-electron chi connectivity index (χ1n) is 6.52. The van der Waals surface area contributed by atoms with Crippen molar-refractivity contribution >= 4 is 0 Å². The van der Waals surface area contributed by atoms with Crippen molar-refractivity contribution in [2.24, 2.45) is 0 Å². The molecule has 1 aromatic carbocycles. The molecule has 1 atom stereocenters. The molecule has 1 heterocycles. The summed E-state index contributed by atoms with van der Waals surface area (Å²) in [5.41, 5.74) is 3.77. The summed E-state index contributed by atoms with van der Waals surface area (Å²) in [5.74, 6) is 0. The standard InChI is InChI=1S/C16H20N2/c1-3-18-13(2)11-14-6-8-15(9-7-14)16-5-4-10-17-12-16/h4-10,12-13,18H,3,11H2,1-2H3. The predicted molar refractivity (Wildman–Crippen MR) is 76.5 cm³/mol. The van der Waals surface area contributed by atoms with E-state index in [1.165, 1.54) is 16.7 Å². The quantitative estimate of drug-likeness (QED) is 0.867. The molecule has 1 unspecified atom stereocenters. The molecule has 0 fully saturated rings. The van der Waals surface area contributed by atoms with Crippen LogP contribution in [0.15, 0.2) is 48.8 Å². The van der Waals surface area contributed by atoms with Gasteiger partial charge in [-0.15, -0.1) is 0 Å². The van der Waals surface area contributed by atoms with Crippen LogP contribution in [0.25, 0.3) is 11.1 Å². The van der Waals surface area contributed by atoms with E-state index in [4.69, 9.17) is 0 Å². The first kappa shape index (κ1) is 12.8. The Morgan fingerprint density at radius 1 is 1.11 bits per heavy atom. The van der Waals surface area contributed by atoms with Crippen LogP contribution in [0.2, 0.25) is 0 Å². The molecule has 0 aliphatic rings. The van der Waals surface area contributed by atoms with Crippen LogP contribution in [0.5, 0.6) is 0 Å². The molecule has 2 aromatic rings. The number of likely N-dealkylation sites (N-methyl/N-ethyl adjacent to an activating group) is 1. The lowest BCUT2D eigenvalue weighted by molar-refractivity contribution is 0.565. The van der Waals surface area contributed by atoms with Crippen LogP contribution in [0, 0.1) is 0 Å². The van der Waals surface area contributed by atoms with Crippen molar-refractivity contribution in [3.05, 3.63) is 54.4 Å². The average Bonchev–Trinajstić information content (AvgIpc) is 2.41. The molecule has 0 bridgehead atoms. The summed E-state index contributed by atoms with van der Waals surface area (Å²) < 4.78 is 0. The largest absolute Gasteiger partial charge is 0.314 e. The monoisotopic (exact) mass is 240 g/mol. The minimum Gasteiger partial charge on any atom is -0.314 e. The van der Waals surface area contributed by atoms with Crippen LogP contribution in [0.4, 0.5) is 0 Å². The molecule has 0 radical (unpaired) electrons. The number of nitrogens with zero attached hydrogens (tertiary/aromatic N) is 1. The number of pyridine rings is 1. The molecule has 18 heavy (non-hydrogen) atoms. The molecule has 2 nitrogen and oxygen atoms in total. The van der Waals surface area contributed by atoms with Crippen LogP contribution in [0.3, 0.4) is 0 Å². The van der Waals surface area contributed by atoms with Crippen molar-refractivity contribution in [3.63, 3.8) is 0 Å². The van der Waals surface area contributed by atoms with E-state index < -0.39 is 0 Å². The van der Waals surface area contributed by atoms with Gasteiger partial charge in [-0.3, -0.25) is 4.98 Å². The summed E-state index contributed by atoms with van der Waals surface area (Å²) >= 11 is 0. The van der Waals surface area contributed by atoms with Gasteiger partial charge in [0.05, 0.1) is 0 Å². The van der Waals surface area contributed by atoms with Crippen molar-refractivity contribution in [2.75, 3.05) is 6.54 Å². The normalized spacial score (nSPS) is 12.3. The summed E-state index contributed by atoms with van der Waals surface area (Å²) in [6.45, 7) is 5.38. The third kappa shape index (κ3) is 3.41. The van der Waals surface area contributed by atoms with Gasteiger partial charge in [0.25, 0.3) is 0 Å². The number of nitrogens with one attached hydrogen (secondary N) is 1. The topological polar surface area (TPSA) is 24.9 Å². The second kappa shape index (κ2) is 6.31. The van der Waals surface area contributed by atoms with Gasteiger partial charge in [-0.2, -0.15) is 0 Å². The lowest BCUT2D eigenvalue weighted by Gasteiger charge is -2.12. The van der Waals surface area contributed by atoms with E-state index in [9.17, 15) is 0 Å². The van der Waals surface area contributed by atoms with Gasteiger partial charge in [0.1, 0.15) is 0 Å².